The lowest BCUT2D eigenvalue weighted by Crippen LogP contribution is -2.50. The van der Waals surface area contributed by atoms with Gasteiger partial charge in [0.2, 0.25) is 0 Å². The van der Waals surface area contributed by atoms with Gasteiger partial charge in [-0.25, -0.2) is 9.18 Å². The van der Waals surface area contributed by atoms with Crippen molar-refractivity contribution in [2.24, 2.45) is 0 Å². The quantitative estimate of drug-likeness (QED) is 0.483. The number of piperazine rings is 1. The van der Waals surface area contributed by atoms with Crippen LogP contribution in [-0.4, -0.2) is 60.5 Å². The summed E-state index contributed by atoms with van der Waals surface area (Å²) in [4.78, 5) is 45.6. The Morgan fingerprint density at radius 2 is 1.62 bits per heavy atom. The summed E-state index contributed by atoms with van der Waals surface area (Å²) in [5, 5.41) is 0. The Labute approximate surface area is 218 Å². The molecule has 3 aromatic carbocycles. The lowest BCUT2D eigenvalue weighted by atomic mass is 10.1. The van der Waals surface area contributed by atoms with Gasteiger partial charge in [-0.1, -0.05) is 42.1 Å². The average molecular weight is 520 g/mol. The summed E-state index contributed by atoms with van der Waals surface area (Å²) in [6.45, 7) is 3.63. The summed E-state index contributed by atoms with van der Waals surface area (Å²) in [5.41, 5.74) is 1.91. The number of anilines is 1. The van der Waals surface area contributed by atoms with E-state index in [0.717, 1.165) is 9.79 Å². The first-order valence-electron chi connectivity index (χ1n) is 12.1. The molecule has 190 valence electrons. The maximum Gasteiger partial charge on any atom is 0.409 e. The van der Waals surface area contributed by atoms with E-state index in [4.69, 9.17) is 4.74 Å². The Balaban J connectivity index is 1.46. The predicted molar refractivity (Wildman–Crippen MR) is 138 cm³/mol. The Morgan fingerprint density at radius 3 is 2.38 bits per heavy atom. The molecule has 0 bridgehead atoms. The van der Waals surface area contributed by atoms with Gasteiger partial charge in [0.15, 0.2) is 0 Å². The molecule has 0 saturated carbocycles. The SMILES string of the molecule is CCOC(=O)N1CCN(C(=O)c2ccc3c(c2)N(Cc2ccccc2F)C(=O)c2ccccc2S3)CC1. The van der Waals surface area contributed by atoms with E-state index in [9.17, 15) is 18.8 Å². The van der Waals surface area contributed by atoms with Crippen LogP contribution in [0.2, 0.25) is 0 Å². The molecule has 0 N–H and O–H groups in total. The second-order valence-corrected chi connectivity index (χ2v) is 9.83. The predicted octanol–water partition coefficient (Wildman–Crippen LogP) is 5.05. The first-order valence-corrected chi connectivity index (χ1v) is 12.9. The molecule has 0 unspecified atom stereocenters. The standard InChI is InChI=1S/C28H26FN3O4S/c1-2-36-28(35)31-15-13-30(14-16-31)26(33)19-11-12-25-23(17-19)32(18-20-7-3-5-9-22(20)29)27(34)21-8-4-6-10-24(21)37-25/h3-12,17H,2,13-16,18H2,1H3. The highest BCUT2D eigenvalue weighted by atomic mass is 32.2. The molecule has 9 heteroatoms. The molecule has 2 aliphatic rings. The van der Waals surface area contributed by atoms with E-state index in [2.05, 4.69) is 0 Å². The molecular formula is C28H26FN3O4S. The van der Waals surface area contributed by atoms with Crippen molar-refractivity contribution in [2.75, 3.05) is 37.7 Å². The molecule has 3 amide bonds. The zero-order valence-electron chi connectivity index (χ0n) is 20.4. The molecule has 2 heterocycles. The average Bonchev–Trinajstić information content (AvgIpc) is 3.03. The molecule has 1 fully saturated rings. The largest absolute Gasteiger partial charge is 0.450 e. The molecule has 0 aromatic heterocycles. The summed E-state index contributed by atoms with van der Waals surface area (Å²) in [6.07, 6.45) is -0.376. The van der Waals surface area contributed by atoms with Crippen molar-refractivity contribution in [3.8, 4) is 0 Å². The highest BCUT2D eigenvalue weighted by molar-refractivity contribution is 7.99. The molecule has 0 radical (unpaired) electrons. The van der Waals surface area contributed by atoms with Crippen LogP contribution in [-0.2, 0) is 11.3 Å². The maximum atomic E-state index is 14.6. The van der Waals surface area contributed by atoms with Gasteiger partial charge in [-0.15, -0.1) is 0 Å². The molecule has 37 heavy (non-hydrogen) atoms. The van der Waals surface area contributed by atoms with Crippen molar-refractivity contribution in [1.29, 1.82) is 0 Å². The van der Waals surface area contributed by atoms with Gasteiger partial charge in [-0.3, -0.25) is 9.59 Å². The topological polar surface area (TPSA) is 70.2 Å². The lowest BCUT2D eigenvalue weighted by molar-refractivity contribution is 0.0570. The van der Waals surface area contributed by atoms with Crippen LogP contribution in [0.1, 0.15) is 33.2 Å². The van der Waals surface area contributed by atoms with Gasteiger partial charge in [0.05, 0.1) is 24.4 Å². The van der Waals surface area contributed by atoms with Gasteiger partial charge in [0, 0.05) is 47.1 Å². The number of hydrogen-bond acceptors (Lipinski definition) is 5. The molecule has 1 saturated heterocycles. The van der Waals surface area contributed by atoms with Crippen molar-refractivity contribution < 1.29 is 23.5 Å². The number of ether oxygens (including phenoxy) is 1. The first-order chi connectivity index (χ1) is 18.0. The maximum absolute atomic E-state index is 14.6. The zero-order chi connectivity index (χ0) is 25.9. The minimum absolute atomic E-state index is 0.0310. The van der Waals surface area contributed by atoms with Gasteiger partial charge in [0.1, 0.15) is 5.82 Å². The number of rotatable bonds is 4. The number of carbonyl (C=O) groups is 3. The number of amides is 3. The summed E-state index contributed by atoms with van der Waals surface area (Å²) >= 11 is 1.45. The fourth-order valence-corrected chi connectivity index (χ4v) is 5.56. The molecule has 0 atom stereocenters. The normalized spacial score (nSPS) is 15.1. The first kappa shape index (κ1) is 24.8. The number of halogens is 1. The van der Waals surface area contributed by atoms with Crippen molar-refractivity contribution in [1.82, 2.24) is 9.80 Å². The van der Waals surface area contributed by atoms with E-state index in [-0.39, 0.29) is 24.5 Å². The summed E-state index contributed by atoms with van der Waals surface area (Å²) < 4.78 is 19.7. The monoisotopic (exact) mass is 519 g/mol. The summed E-state index contributed by atoms with van der Waals surface area (Å²) in [6, 6.07) is 19.0. The Kier molecular flexibility index (Phi) is 7.14. The van der Waals surface area contributed by atoms with Crippen LogP contribution in [0.4, 0.5) is 14.9 Å². The molecular weight excluding hydrogens is 493 g/mol. The lowest BCUT2D eigenvalue weighted by Gasteiger charge is -2.34. The highest BCUT2D eigenvalue weighted by Gasteiger charge is 2.30. The van der Waals surface area contributed by atoms with Crippen LogP contribution >= 0.6 is 11.8 Å². The molecule has 2 aliphatic heterocycles. The third-order valence-electron chi connectivity index (χ3n) is 6.46. The van der Waals surface area contributed by atoms with E-state index in [0.29, 0.717) is 55.2 Å². The van der Waals surface area contributed by atoms with Crippen LogP contribution in [0.5, 0.6) is 0 Å². The van der Waals surface area contributed by atoms with Gasteiger partial charge < -0.3 is 19.4 Å². The Bertz CT molecular complexity index is 1360. The van der Waals surface area contributed by atoms with E-state index < -0.39 is 5.82 Å². The van der Waals surface area contributed by atoms with Crippen molar-refractivity contribution in [3.05, 3.63) is 89.2 Å². The van der Waals surface area contributed by atoms with E-state index in [1.54, 1.807) is 64.1 Å². The smallest absolute Gasteiger partial charge is 0.409 e. The van der Waals surface area contributed by atoms with E-state index >= 15 is 0 Å². The van der Waals surface area contributed by atoms with Gasteiger partial charge >= 0.3 is 6.09 Å². The molecule has 0 aliphatic carbocycles. The highest BCUT2D eigenvalue weighted by Crippen LogP contribution is 2.42. The van der Waals surface area contributed by atoms with Gasteiger partial charge in [-0.2, -0.15) is 0 Å². The Hall–Kier alpha value is -3.85. The van der Waals surface area contributed by atoms with Crippen LogP contribution in [0, 0.1) is 5.82 Å². The molecule has 3 aromatic rings. The summed E-state index contributed by atoms with van der Waals surface area (Å²) in [7, 11) is 0. The third-order valence-corrected chi connectivity index (χ3v) is 7.60. The Morgan fingerprint density at radius 1 is 0.919 bits per heavy atom. The number of benzene rings is 3. The van der Waals surface area contributed by atoms with Crippen LogP contribution in [0.25, 0.3) is 0 Å². The van der Waals surface area contributed by atoms with E-state index in [1.807, 2.05) is 18.2 Å². The van der Waals surface area contributed by atoms with Gasteiger partial charge in [-0.05, 0) is 43.3 Å². The van der Waals surface area contributed by atoms with Crippen molar-refractivity contribution in [2.45, 2.75) is 23.3 Å². The number of nitrogens with zero attached hydrogens (tertiary/aromatic N) is 3. The van der Waals surface area contributed by atoms with Crippen LogP contribution in [0.3, 0.4) is 0 Å². The summed E-state index contributed by atoms with van der Waals surface area (Å²) in [5.74, 6) is -0.831. The fraction of sp³-hybridized carbons (Fsp3) is 0.250. The minimum atomic E-state index is -0.395. The van der Waals surface area contributed by atoms with Crippen molar-refractivity contribution >= 4 is 35.4 Å². The second-order valence-electron chi connectivity index (χ2n) is 8.74. The zero-order valence-corrected chi connectivity index (χ0v) is 21.2. The fourth-order valence-electron chi connectivity index (χ4n) is 4.50. The number of carbonyl (C=O) groups excluding carboxylic acids is 3. The van der Waals surface area contributed by atoms with Gasteiger partial charge in [0.25, 0.3) is 11.8 Å². The third kappa shape index (κ3) is 5.04. The number of fused-ring (bicyclic) bond motifs is 2. The van der Waals surface area contributed by atoms with Crippen molar-refractivity contribution in [3.63, 3.8) is 0 Å². The number of hydrogen-bond donors (Lipinski definition) is 0. The van der Waals surface area contributed by atoms with Crippen LogP contribution < -0.4 is 4.90 Å². The van der Waals surface area contributed by atoms with Crippen LogP contribution in [0.15, 0.2) is 76.5 Å². The molecule has 0 spiro atoms. The van der Waals surface area contributed by atoms with E-state index in [1.165, 1.54) is 17.8 Å². The molecule has 5 rings (SSSR count). The minimum Gasteiger partial charge on any atom is -0.450 e. The second kappa shape index (κ2) is 10.6. The molecule has 7 nitrogen and oxygen atoms in total.